The second kappa shape index (κ2) is 8.99. The highest BCUT2D eigenvalue weighted by Gasteiger charge is 2.30. The predicted molar refractivity (Wildman–Crippen MR) is 105 cm³/mol. The lowest BCUT2D eigenvalue weighted by atomic mass is 10.2. The van der Waals surface area contributed by atoms with E-state index in [0.29, 0.717) is 18.7 Å². The SMILES string of the molecule is C[C@H](OC(=O)/C=C/c1cn(Cc2ccccc2)nn1)C(=O)N[C@H]1CCS(=O)(=O)C1. The quantitative estimate of drug-likeness (QED) is 0.516. The molecule has 0 saturated carbocycles. The molecule has 0 bridgehead atoms. The Kier molecular flexibility index (Phi) is 6.42. The van der Waals surface area contributed by atoms with E-state index in [-0.39, 0.29) is 11.5 Å². The number of ether oxygens (including phenoxy) is 1. The predicted octanol–water partition coefficient (Wildman–Crippen LogP) is 0.575. The fraction of sp³-hybridized carbons (Fsp3) is 0.368. The lowest BCUT2D eigenvalue weighted by Crippen LogP contribution is -2.42. The second-order valence-corrected chi connectivity index (χ2v) is 9.08. The van der Waals surface area contributed by atoms with Crippen LogP contribution in [-0.2, 0) is 30.7 Å². The lowest BCUT2D eigenvalue weighted by Gasteiger charge is -2.15. The summed E-state index contributed by atoms with van der Waals surface area (Å²) in [5.41, 5.74) is 1.55. The van der Waals surface area contributed by atoms with E-state index in [1.165, 1.54) is 19.1 Å². The molecule has 1 saturated heterocycles. The zero-order valence-electron chi connectivity index (χ0n) is 15.9. The van der Waals surface area contributed by atoms with Crippen molar-refractivity contribution < 1.29 is 22.7 Å². The molecule has 2 aromatic rings. The molecule has 10 heteroatoms. The molecular weight excluding hydrogens is 396 g/mol. The average Bonchev–Trinajstić information content (AvgIpc) is 3.26. The number of benzene rings is 1. The second-order valence-electron chi connectivity index (χ2n) is 6.85. The molecule has 1 fully saturated rings. The Bertz CT molecular complexity index is 1000. The molecule has 1 amide bonds. The number of carbonyl (C=O) groups excluding carboxylic acids is 2. The van der Waals surface area contributed by atoms with E-state index in [0.717, 1.165) is 5.56 Å². The van der Waals surface area contributed by atoms with E-state index in [2.05, 4.69) is 15.6 Å². The van der Waals surface area contributed by atoms with Gasteiger partial charge in [-0.1, -0.05) is 35.5 Å². The summed E-state index contributed by atoms with van der Waals surface area (Å²) in [7, 11) is -3.10. The molecule has 1 aliphatic heterocycles. The number of hydrogen-bond donors (Lipinski definition) is 1. The van der Waals surface area contributed by atoms with Gasteiger partial charge in [0.15, 0.2) is 15.9 Å². The third-order valence-electron chi connectivity index (χ3n) is 4.37. The number of carbonyl (C=O) groups is 2. The van der Waals surface area contributed by atoms with E-state index in [1.54, 1.807) is 10.9 Å². The van der Waals surface area contributed by atoms with Gasteiger partial charge in [0.25, 0.3) is 5.91 Å². The molecule has 0 radical (unpaired) electrons. The van der Waals surface area contributed by atoms with Gasteiger partial charge < -0.3 is 10.1 Å². The molecule has 154 valence electrons. The van der Waals surface area contributed by atoms with Gasteiger partial charge in [0.1, 0.15) is 5.69 Å². The first kappa shape index (κ1) is 20.7. The molecule has 0 spiro atoms. The first-order chi connectivity index (χ1) is 13.8. The molecular formula is C19H22N4O5S. The third-order valence-corrected chi connectivity index (χ3v) is 6.14. The zero-order valence-corrected chi connectivity index (χ0v) is 16.7. The highest BCUT2D eigenvalue weighted by atomic mass is 32.2. The van der Waals surface area contributed by atoms with Crippen molar-refractivity contribution >= 4 is 27.8 Å². The topological polar surface area (TPSA) is 120 Å². The van der Waals surface area contributed by atoms with Crippen molar-refractivity contribution in [3.63, 3.8) is 0 Å². The summed E-state index contributed by atoms with van der Waals surface area (Å²) >= 11 is 0. The fourth-order valence-corrected chi connectivity index (χ4v) is 4.56. The molecule has 2 heterocycles. The summed E-state index contributed by atoms with van der Waals surface area (Å²) in [6.45, 7) is 1.99. The minimum Gasteiger partial charge on any atom is -0.449 e. The van der Waals surface area contributed by atoms with Crippen LogP contribution in [0.1, 0.15) is 24.6 Å². The summed E-state index contributed by atoms with van der Waals surface area (Å²) in [5.74, 6) is -1.26. The number of rotatable bonds is 7. The minimum absolute atomic E-state index is 0.0554. The average molecular weight is 418 g/mol. The summed E-state index contributed by atoms with van der Waals surface area (Å²) in [4.78, 5) is 24.0. The molecule has 1 N–H and O–H groups in total. The molecule has 2 atom stereocenters. The Morgan fingerprint density at radius 2 is 2.10 bits per heavy atom. The van der Waals surface area contributed by atoms with Crippen LogP contribution in [0.15, 0.2) is 42.6 Å². The first-order valence-electron chi connectivity index (χ1n) is 9.14. The number of esters is 1. The minimum atomic E-state index is -3.10. The van der Waals surface area contributed by atoms with Crippen molar-refractivity contribution in [2.24, 2.45) is 0 Å². The van der Waals surface area contributed by atoms with E-state index >= 15 is 0 Å². The van der Waals surface area contributed by atoms with Crippen molar-refractivity contribution in [1.82, 2.24) is 20.3 Å². The maximum Gasteiger partial charge on any atom is 0.331 e. The Morgan fingerprint density at radius 1 is 1.34 bits per heavy atom. The lowest BCUT2D eigenvalue weighted by molar-refractivity contribution is -0.150. The number of sulfone groups is 1. The Hall–Kier alpha value is -3.01. The monoisotopic (exact) mass is 418 g/mol. The van der Waals surface area contributed by atoms with Gasteiger partial charge in [-0.05, 0) is 25.0 Å². The number of nitrogens with one attached hydrogen (secondary N) is 1. The summed E-state index contributed by atoms with van der Waals surface area (Å²) in [6, 6.07) is 9.31. The van der Waals surface area contributed by atoms with Crippen molar-refractivity contribution in [3.05, 3.63) is 53.9 Å². The largest absolute Gasteiger partial charge is 0.449 e. The highest BCUT2D eigenvalue weighted by Crippen LogP contribution is 2.11. The van der Waals surface area contributed by atoms with Crippen molar-refractivity contribution in [3.8, 4) is 0 Å². The van der Waals surface area contributed by atoms with Crippen LogP contribution in [-0.4, -0.2) is 58.9 Å². The van der Waals surface area contributed by atoms with Gasteiger partial charge in [-0.3, -0.25) is 4.79 Å². The summed E-state index contributed by atoms with van der Waals surface area (Å²) in [5, 5.41) is 10.6. The van der Waals surface area contributed by atoms with Crippen LogP contribution < -0.4 is 5.32 Å². The van der Waals surface area contributed by atoms with E-state index < -0.39 is 33.9 Å². The van der Waals surface area contributed by atoms with Crippen LogP contribution in [0, 0.1) is 0 Å². The Labute approximate surface area is 168 Å². The normalized spacial score (nSPS) is 19.1. The van der Waals surface area contributed by atoms with Gasteiger partial charge in [0, 0.05) is 12.1 Å². The molecule has 1 aliphatic rings. The van der Waals surface area contributed by atoms with Crippen LogP contribution in [0.3, 0.4) is 0 Å². The van der Waals surface area contributed by atoms with Crippen LogP contribution in [0.4, 0.5) is 0 Å². The van der Waals surface area contributed by atoms with Gasteiger partial charge in [-0.15, -0.1) is 5.10 Å². The van der Waals surface area contributed by atoms with E-state index in [9.17, 15) is 18.0 Å². The number of aromatic nitrogens is 3. The summed E-state index contributed by atoms with van der Waals surface area (Å²) < 4.78 is 29.6. The number of amides is 1. The first-order valence-corrected chi connectivity index (χ1v) is 11.0. The van der Waals surface area contributed by atoms with Crippen molar-refractivity contribution in [2.75, 3.05) is 11.5 Å². The molecule has 3 rings (SSSR count). The molecule has 9 nitrogen and oxygen atoms in total. The number of hydrogen-bond acceptors (Lipinski definition) is 7. The molecule has 1 aromatic carbocycles. The standard InChI is InChI=1S/C19H22N4O5S/c1-14(19(25)20-17-9-10-29(26,27)13-17)28-18(24)8-7-16-12-23(22-21-16)11-15-5-3-2-4-6-15/h2-8,12,14,17H,9-11,13H2,1H3,(H,20,25)/b8-7+/t14-,17-/m0/s1. The Morgan fingerprint density at radius 3 is 2.79 bits per heavy atom. The zero-order chi connectivity index (χ0) is 20.9. The van der Waals surface area contributed by atoms with Crippen molar-refractivity contribution in [2.45, 2.75) is 32.0 Å². The maximum absolute atomic E-state index is 12.1. The van der Waals surface area contributed by atoms with Gasteiger partial charge in [-0.2, -0.15) is 0 Å². The van der Waals surface area contributed by atoms with Gasteiger partial charge in [0.2, 0.25) is 0 Å². The smallest absolute Gasteiger partial charge is 0.331 e. The van der Waals surface area contributed by atoms with Crippen LogP contribution in [0.25, 0.3) is 6.08 Å². The maximum atomic E-state index is 12.1. The van der Waals surface area contributed by atoms with Crippen LogP contribution in [0.5, 0.6) is 0 Å². The van der Waals surface area contributed by atoms with E-state index in [1.807, 2.05) is 30.3 Å². The van der Waals surface area contributed by atoms with E-state index in [4.69, 9.17) is 4.74 Å². The summed E-state index contributed by atoms with van der Waals surface area (Å²) in [6.07, 6.45) is 3.64. The van der Waals surface area contributed by atoms with Crippen LogP contribution in [0.2, 0.25) is 0 Å². The van der Waals surface area contributed by atoms with Crippen molar-refractivity contribution in [1.29, 1.82) is 0 Å². The Balaban J connectivity index is 1.47. The molecule has 1 aromatic heterocycles. The third kappa shape index (κ3) is 6.24. The van der Waals surface area contributed by atoms with Gasteiger partial charge >= 0.3 is 5.97 Å². The van der Waals surface area contributed by atoms with Crippen LogP contribution >= 0.6 is 0 Å². The molecule has 0 unspecified atom stereocenters. The van der Waals surface area contributed by atoms with Gasteiger partial charge in [-0.25, -0.2) is 17.9 Å². The fourth-order valence-electron chi connectivity index (χ4n) is 2.89. The van der Waals surface area contributed by atoms with Gasteiger partial charge in [0.05, 0.1) is 24.2 Å². The molecule has 29 heavy (non-hydrogen) atoms. The molecule has 0 aliphatic carbocycles. The highest BCUT2D eigenvalue weighted by molar-refractivity contribution is 7.91. The number of nitrogens with zero attached hydrogens (tertiary/aromatic N) is 3.